The molecule has 0 aliphatic carbocycles. The van der Waals surface area contributed by atoms with E-state index in [-0.39, 0.29) is 22.8 Å². The second-order valence-electron chi connectivity index (χ2n) is 6.94. The fraction of sp³-hybridized carbons (Fsp3) is 0.250. The van der Waals surface area contributed by atoms with Crippen LogP contribution in [-0.2, 0) is 10.0 Å². The topological polar surface area (TPSA) is 137 Å². The predicted molar refractivity (Wildman–Crippen MR) is 113 cm³/mol. The maximum Gasteiger partial charge on any atom is 0.243 e. The third-order valence-electron chi connectivity index (χ3n) is 4.97. The first kappa shape index (κ1) is 20.0. The van der Waals surface area contributed by atoms with E-state index in [9.17, 15) is 8.42 Å². The van der Waals surface area contributed by atoms with Crippen LogP contribution < -0.4 is 16.2 Å². The smallest absolute Gasteiger partial charge is 0.243 e. The van der Waals surface area contributed by atoms with Crippen molar-refractivity contribution in [1.29, 1.82) is 0 Å². The lowest BCUT2D eigenvalue weighted by Gasteiger charge is -2.31. The number of hydrogen-bond acceptors (Lipinski definition) is 8. The lowest BCUT2D eigenvalue weighted by atomic mass is 10.1. The van der Waals surface area contributed by atoms with E-state index in [0.717, 1.165) is 0 Å². The van der Waals surface area contributed by atoms with E-state index in [1.165, 1.54) is 10.5 Å². The number of hydrogen-bond donors (Lipinski definition) is 2. The molecule has 1 aromatic carbocycles. The van der Waals surface area contributed by atoms with E-state index in [2.05, 4.69) is 15.0 Å². The monoisotopic (exact) mass is 426 g/mol. The van der Waals surface area contributed by atoms with Crippen molar-refractivity contribution in [3.05, 3.63) is 54.9 Å². The number of pyridine rings is 1. The molecule has 4 rings (SSSR count). The van der Waals surface area contributed by atoms with E-state index in [1.807, 2.05) is 12.1 Å². The molecule has 10 heteroatoms. The second kappa shape index (κ2) is 8.25. The zero-order valence-electron chi connectivity index (χ0n) is 16.2. The van der Waals surface area contributed by atoms with Crippen molar-refractivity contribution in [2.45, 2.75) is 23.8 Å². The van der Waals surface area contributed by atoms with Crippen LogP contribution in [0.25, 0.3) is 11.1 Å². The Morgan fingerprint density at radius 3 is 2.37 bits per heavy atom. The fourth-order valence-corrected chi connectivity index (χ4v) is 4.83. The third kappa shape index (κ3) is 4.19. The maximum absolute atomic E-state index is 13.0. The Morgan fingerprint density at radius 1 is 1.00 bits per heavy atom. The molecule has 1 aliphatic rings. The number of ether oxygens (including phenoxy) is 1. The highest BCUT2D eigenvalue weighted by molar-refractivity contribution is 7.89. The molecule has 4 N–H and O–H groups in total. The predicted octanol–water partition coefficient (Wildman–Crippen LogP) is 1.94. The summed E-state index contributed by atoms with van der Waals surface area (Å²) in [5.41, 5.74) is 12.7. The van der Waals surface area contributed by atoms with Gasteiger partial charge in [0.2, 0.25) is 21.9 Å². The number of aromatic nitrogens is 3. The highest BCUT2D eigenvalue weighted by Crippen LogP contribution is 2.27. The quantitative estimate of drug-likeness (QED) is 0.631. The number of anilines is 2. The molecule has 2 aromatic heterocycles. The van der Waals surface area contributed by atoms with Crippen molar-refractivity contribution in [3.8, 4) is 17.0 Å². The molecule has 156 valence electrons. The average Bonchev–Trinajstić information content (AvgIpc) is 2.75. The van der Waals surface area contributed by atoms with Gasteiger partial charge in [0, 0.05) is 37.1 Å². The molecule has 0 saturated carbocycles. The van der Waals surface area contributed by atoms with Gasteiger partial charge in [0.25, 0.3) is 0 Å². The molecule has 1 fully saturated rings. The molecule has 1 aliphatic heterocycles. The number of benzene rings is 1. The van der Waals surface area contributed by atoms with Gasteiger partial charge in [0.05, 0.1) is 4.90 Å². The maximum atomic E-state index is 13.0. The Kier molecular flexibility index (Phi) is 5.51. The van der Waals surface area contributed by atoms with Crippen LogP contribution in [0, 0.1) is 0 Å². The minimum Gasteiger partial charge on any atom is -0.474 e. The molecule has 3 aromatic rings. The zero-order chi connectivity index (χ0) is 21.1. The average molecular weight is 427 g/mol. The fourth-order valence-electron chi connectivity index (χ4n) is 3.37. The Balaban J connectivity index is 1.44. The van der Waals surface area contributed by atoms with Crippen LogP contribution in [0.1, 0.15) is 12.8 Å². The van der Waals surface area contributed by atoms with Crippen molar-refractivity contribution in [2.24, 2.45) is 0 Å². The number of piperidine rings is 1. The number of nitrogen functional groups attached to an aromatic ring is 2. The van der Waals surface area contributed by atoms with Gasteiger partial charge in [0.15, 0.2) is 0 Å². The molecule has 9 nitrogen and oxygen atoms in total. The zero-order valence-corrected chi connectivity index (χ0v) is 17.0. The lowest BCUT2D eigenvalue weighted by Crippen LogP contribution is -2.41. The lowest BCUT2D eigenvalue weighted by molar-refractivity contribution is 0.130. The van der Waals surface area contributed by atoms with E-state index < -0.39 is 10.0 Å². The van der Waals surface area contributed by atoms with E-state index in [1.54, 1.807) is 36.5 Å². The Morgan fingerprint density at radius 2 is 1.73 bits per heavy atom. The van der Waals surface area contributed by atoms with E-state index >= 15 is 0 Å². The normalized spacial score (nSPS) is 15.7. The highest BCUT2D eigenvalue weighted by Gasteiger charge is 2.30. The molecule has 0 radical (unpaired) electrons. The summed E-state index contributed by atoms with van der Waals surface area (Å²) in [5.74, 6) is 0.888. The van der Waals surface area contributed by atoms with Crippen molar-refractivity contribution in [1.82, 2.24) is 19.3 Å². The van der Waals surface area contributed by atoms with Gasteiger partial charge in [-0.3, -0.25) is 0 Å². The van der Waals surface area contributed by atoms with Crippen LogP contribution in [0.5, 0.6) is 5.88 Å². The number of rotatable bonds is 5. The van der Waals surface area contributed by atoms with Gasteiger partial charge in [-0.1, -0.05) is 18.2 Å². The minimum absolute atomic E-state index is 0.0535. The molecule has 0 unspecified atom stereocenters. The van der Waals surface area contributed by atoms with Crippen molar-refractivity contribution >= 4 is 21.8 Å². The summed E-state index contributed by atoms with van der Waals surface area (Å²) in [5, 5.41) is 0. The highest BCUT2D eigenvalue weighted by atomic mass is 32.2. The van der Waals surface area contributed by atoms with Gasteiger partial charge in [-0.15, -0.1) is 0 Å². The van der Waals surface area contributed by atoms with Crippen LogP contribution in [0.15, 0.2) is 59.8 Å². The van der Waals surface area contributed by atoms with Crippen LogP contribution in [0.3, 0.4) is 0 Å². The first-order valence-electron chi connectivity index (χ1n) is 9.50. The van der Waals surface area contributed by atoms with Gasteiger partial charge in [-0.05, 0) is 36.6 Å². The summed E-state index contributed by atoms with van der Waals surface area (Å²) in [6.45, 7) is 0.778. The summed E-state index contributed by atoms with van der Waals surface area (Å²) < 4.78 is 33.4. The number of sulfonamides is 1. The molecule has 0 spiro atoms. The molecule has 0 bridgehead atoms. The van der Waals surface area contributed by atoms with Gasteiger partial charge >= 0.3 is 0 Å². The van der Waals surface area contributed by atoms with E-state index in [0.29, 0.717) is 42.9 Å². The largest absolute Gasteiger partial charge is 0.474 e. The summed E-state index contributed by atoms with van der Waals surface area (Å²) in [6.07, 6.45) is 4.35. The molecular weight excluding hydrogens is 404 g/mol. The number of nitrogens with zero attached hydrogens (tertiary/aromatic N) is 4. The first-order chi connectivity index (χ1) is 14.4. The molecule has 3 heterocycles. The Labute approximate surface area is 174 Å². The van der Waals surface area contributed by atoms with Gasteiger partial charge in [-0.2, -0.15) is 9.29 Å². The summed E-state index contributed by atoms with van der Waals surface area (Å²) in [7, 11) is -3.59. The van der Waals surface area contributed by atoms with Crippen LogP contribution >= 0.6 is 0 Å². The molecule has 0 amide bonds. The molecular formula is C20H22N6O3S. The Bertz CT molecular complexity index is 1120. The van der Waals surface area contributed by atoms with E-state index in [4.69, 9.17) is 16.2 Å². The SMILES string of the molecule is Nc1ncc(-c2ccc(S(=O)(=O)N3CCC(Oc4ccccn4)CC3)cc2)c(N)n1. The Hall–Kier alpha value is -3.24. The molecule has 1 saturated heterocycles. The summed E-state index contributed by atoms with van der Waals surface area (Å²) in [4.78, 5) is 12.3. The second-order valence-corrected chi connectivity index (χ2v) is 8.88. The van der Waals surface area contributed by atoms with Crippen molar-refractivity contribution in [3.63, 3.8) is 0 Å². The van der Waals surface area contributed by atoms with Crippen molar-refractivity contribution in [2.75, 3.05) is 24.6 Å². The number of nitrogens with two attached hydrogens (primary N) is 2. The van der Waals surface area contributed by atoms with Crippen LogP contribution in [0.2, 0.25) is 0 Å². The van der Waals surface area contributed by atoms with Crippen LogP contribution in [-0.4, -0.2) is 46.9 Å². The minimum atomic E-state index is -3.59. The summed E-state index contributed by atoms with van der Waals surface area (Å²) in [6, 6.07) is 12.0. The first-order valence-corrected chi connectivity index (χ1v) is 10.9. The van der Waals surface area contributed by atoms with Gasteiger partial charge < -0.3 is 16.2 Å². The molecule has 0 atom stereocenters. The summed E-state index contributed by atoms with van der Waals surface area (Å²) >= 11 is 0. The van der Waals surface area contributed by atoms with Gasteiger partial charge in [0.1, 0.15) is 11.9 Å². The van der Waals surface area contributed by atoms with Gasteiger partial charge in [-0.25, -0.2) is 18.4 Å². The van der Waals surface area contributed by atoms with Crippen molar-refractivity contribution < 1.29 is 13.2 Å². The molecule has 30 heavy (non-hydrogen) atoms. The standard InChI is InChI=1S/C20H22N6O3S/c21-19-17(13-24-20(22)25-19)14-4-6-16(7-5-14)30(27,28)26-11-8-15(9-12-26)29-18-3-1-2-10-23-18/h1-7,10,13,15H,8-9,11-12H2,(H4,21,22,24,25). The third-order valence-corrected chi connectivity index (χ3v) is 6.88. The van der Waals surface area contributed by atoms with Crippen LogP contribution in [0.4, 0.5) is 11.8 Å².